The monoisotopic (exact) mass is 979 g/mol. The number of hydrogen-bond acceptors (Lipinski definition) is 20. The fourth-order valence-electron chi connectivity index (χ4n) is 3.55. The number of ether oxygens (including phenoxy) is 9. The van der Waals surface area contributed by atoms with E-state index in [1.54, 1.807) is 13.8 Å². The van der Waals surface area contributed by atoms with Crippen LogP contribution < -0.4 is 22.5 Å². The van der Waals surface area contributed by atoms with E-state index >= 15 is 0 Å². The Hall–Kier alpha value is -5.04. The summed E-state index contributed by atoms with van der Waals surface area (Å²) in [7, 11) is 2.51. The van der Waals surface area contributed by atoms with Crippen molar-refractivity contribution in [1.29, 1.82) is 0 Å². The summed E-state index contributed by atoms with van der Waals surface area (Å²) >= 11 is 0. The van der Waals surface area contributed by atoms with Gasteiger partial charge in [0.15, 0.2) is 11.6 Å². The highest BCUT2D eigenvalue weighted by molar-refractivity contribution is 6.00. The van der Waals surface area contributed by atoms with Crippen LogP contribution in [-0.4, -0.2) is 172 Å². The normalized spacial score (nSPS) is 9.72. The molecule has 0 heterocycles. The Bertz CT molecular complexity index is 1420. The quantitative estimate of drug-likeness (QED) is 0.0197. The van der Waals surface area contributed by atoms with Gasteiger partial charge in [0, 0.05) is 69.8 Å². The summed E-state index contributed by atoms with van der Waals surface area (Å²) in [4.78, 5) is 86.0. The lowest BCUT2D eigenvalue weighted by Gasteiger charge is -2.07. The van der Waals surface area contributed by atoms with Gasteiger partial charge in [-0.1, -0.05) is 26.3 Å². The second-order valence-electron chi connectivity index (χ2n) is 13.8. The van der Waals surface area contributed by atoms with Crippen molar-refractivity contribution in [3.63, 3.8) is 0 Å². The van der Waals surface area contributed by atoms with E-state index in [0.717, 1.165) is 6.42 Å². The molecule has 0 spiro atoms. The number of carboxylic acid groups (broad SMARTS) is 1. The summed E-state index contributed by atoms with van der Waals surface area (Å²) < 4.78 is 44.0. The molecule has 0 aliphatic rings. The Labute approximate surface area is 402 Å². The number of carboxylic acids is 1. The SMILES string of the molecule is C=C(C)C(=O)CCCOCCOCCN.C=C(C)C(=O)CCCOCCOCCNC(=O)CCC(=O)OC.C=C(C)C(=O)OC(=O)C(=C)C.COC(=O)CCC(=O)O.NCCOCCOCCN. The summed E-state index contributed by atoms with van der Waals surface area (Å²) in [6.07, 6.45) is 2.35. The van der Waals surface area contributed by atoms with E-state index in [9.17, 15) is 38.4 Å². The van der Waals surface area contributed by atoms with Crippen LogP contribution in [0.15, 0.2) is 48.6 Å². The molecule has 0 rings (SSSR count). The van der Waals surface area contributed by atoms with Crippen LogP contribution in [0.1, 0.15) is 79.1 Å². The number of allylic oxidation sites excluding steroid dienone is 2. The lowest BCUT2D eigenvalue weighted by molar-refractivity contribution is -0.154. The number of hydrogen-bond donors (Lipinski definition) is 5. The van der Waals surface area contributed by atoms with E-state index in [1.165, 1.54) is 28.1 Å². The average Bonchev–Trinajstić information content (AvgIpc) is 3.30. The van der Waals surface area contributed by atoms with Crippen molar-refractivity contribution in [2.75, 3.05) is 120 Å². The van der Waals surface area contributed by atoms with Crippen LogP contribution in [0, 0.1) is 0 Å². The molecule has 0 aromatic heterocycles. The molecular formula is C46H82N4O18. The van der Waals surface area contributed by atoms with Crippen LogP contribution in [0.4, 0.5) is 0 Å². The van der Waals surface area contributed by atoms with Gasteiger partial charge in [-0.05, 0) is 51.7 Å². The lowest BCUT2D eigenvalue weighted by Crippen LogP contribution is -2.28. The number of esters is 4. The minimum atomic E-state index is -0.986. The van der Waals surface area contributed by atoms with E-state index in [1.807, 2.05) is 0 Å². The van der Waals surface area contributed by atoms with Crippen molar-refractivity contribution in [1.82, 2.24) is 5.32 Å². The van der Waals surface area contributed by atoms with Crippen LogP contribution in [0.2, 0.25) is 0 Å². The highest BCUT2D eigenvalue weighted by Crippen LogP contribution is 2.01. The van der Waals surface area contributed by atoms with Crippen molar-refractivity contribution in [3.8, 4) is 0 Å². The maximum Gasteiger partial charge on any atom is 0.340 e. The first-order chi connectivity index (χ1) is 32.2. The van der Waals surface area contributed by atoms with E-state index in [-0.39, 0.29) is 54.3 Å². The van der Waals surface area contributed by atoms with Crippen molar-refractivity contribution < 1.29 is 86.1 Å². The number of carbonyl (C=O) groups is 8. The van der Waals surface area contributed by atoms with Crippen LogP contribution >= 0.6 is 0 Å². The fourth-order valence-corrected chi connectivity index (χ4v) is 3.55. The van der Waals surface area contributed by atoms with Crippen LogP contribution in [0.3, 0.4) is 0 Å². The predicted molar refractivity (Wildman–Crippen MR) is 254 cm³/mol. The van der Waals surface area contributed by atoms with E-state index < -0.39 is 29.8 Å². The Balaban J connectivity index is -0.000000256. The number of rotatable bonds is 36. The third-order valence-electron chi connectivity index (χ3n) is 7.25. The number of ketones is 2. The first-order valence-electron chi connectivity index (χ1n) is 21.8. The Morgan fingerprint density at radius 2 is 0.765 bits per heavy atom. The molecule has 0 saturated heterocycles. The summed E-state index contributed by atoms with van der Waals surface area (Å²) in [5, 5.41) is 10.7. The third kappa shape index (κ3) is 63.0. The van der Waals surface area contributed by atoms with Gasteiger partial charge >= 0.3 is 29.8 Å². The molecule has 0 radical (unpaired) electrons. The zero-order valence-corrected chi connectivity index (χ0v) is 41.4. The molecule has 0 aliphatic heterocycles. The maximum atomic E-state index is 11.3. The highest BCUT2D eigenvalue weighted by atomic mass is 16.6. The minimum absolute atomic E-state index is 0.0498. The van der Waals surface area contributed by atoms with Gasteiger partial charge in [-0.25, -0.2) is 9.59 Å². The molecule has 8 N–H and O–H groups in total. The second kappa shape index (κ2) is 54.6. The number of carbonyl (C=O) groups excluding carboxylic acids is 7. The van der Waals surface area contributed by atoms with Crippen LogP contribution in [0.25, 0.3) is 0 Å². The number of nitrogens with two attached hydrogens (primary N) is 3. The second-order valence-corrected chi connectivity index (χ2v) is 13.8. The van der Waals surface area contributed by atoms with Gasteiger partial charge < -0.3 is 70.3 Å². The van der Waals surface area contributed by atoms with Gasteiger partial charge in [-0.3, -0.25) is 28.8 Å². The lowest BCUT2D eigenvalue weighted by atomic mass is 10.1. The zero-order chi connectivity index (χ0) is 53.0. The summed E-state index contributed by atoms with van der Waals surface area (Å²) in [5.74, 6) is -3.34. The average molecular weight is 979 g/mol. The largest absolute Gasteiger partial charge is 0.481 e. The number of aliphatic carboxylic acids is 1. The molecule has 22 nitrogen and oxygen atoms in total. The van der Waals surface area contributed by atoms with Crippen molar-refractivity contribution in [2.45, 2.75) is 79.1 Å². The first kappa shape index (κ1) is 71.9. The summed E-state index contributed by atoms with van der Waals surface area (Å²) in [6, 6.07) is 0. The van der Waals surface area contributed by atoms with Gasteiger partial charge in [0.25, 0.3) is 0 Å². The predicted octanol–water partition coefficient (Wildman–Crippen LogP) is 2.09. The molecule has 0 aromatic carbocycles. The molecule has 0 saturated carbocycles. The third-order valence-corrected chi connectivity index (χ3v) is 7.25. The van der Waals surface area contributed by atoms with Crippen LogP contribution in [0.5, 0.6) is 0 Å². The van der Waals surface area contributed by atoms with Gasteiger partial charge in [-0.15, -0.1) is 0 Å². The molecule has 394 valence electrons. The molecule has 68 heavy (non-hydrogen) atoms. The summed E-state index contributed by atoms with van der Waals surface area (Å²) in [6.45, 7) is 28.6. The Morgan fingerprint density at radius 1 is 0.441 bits per heavy atom. The van der Waals surface area contributed by atoms with Crippen molar-refractivity contribution in [3.05, 3.63) is 48.6 Å². The number of amides is 1. The maximum absolute atomic E-state index is 11.3. The van der Waals surface area contributed by atoms with Crippen molar-refractivity contribution in [2.24, 2.45) is 17.2 Å². The smallest absolute Gasteiger partial charge is 0.340 e. The summed E-state index contributed by atoms with van der Waals surface area (Å²) in [5.41, 5.74) is 17.2. The number of methoxy groups -OCH3 is 2. The highest BCUT2D eigenvalue weighted by Gasteiger charge is 2.11. The first-order valence-corrected chi connectivity index (χ1v) is 21.8. The minimum Gasteiger partial charge on any atom is -0.481 e. The molecule has 1 amide bonds. The Kier molecular flexibility index (Phi) is 57.7. The fraction of sp³-hybridized carbons (Fsp3) is 0.652. The zero-order valence-electron chi connectivity index (χ0n) is 41.4. The standard InChI is InChI=1S/C16H27NO6.C11H21NO3.C8H10O3.C6H16N2O2.C5H8O4/c1-13(2)14(18)5-4-9-22-11-12-23-10-8-17-15(19)6-7-16(20)21-3;1-10(2)11(13)4-3-6-14-8-9-15-7-5-12;1-5(2)7(9)11-8(10)6(3)4;7-1-3-9-5-6-10-4-2-8;1-9-5(8)3-2-4(6)7/h1,4-12H2,2-3H3,(H,17,19);1,3-9,12H2,2H3;1,3H2,2,4H3;1-8H2;2-3H2,1H3,(H,6,7). The van der Waals surface area contributed by atoms with E-state index in [0.29, 0.717) is 136 Å². The topological polar surface area (TPSA) is 330 Å². The molecular weight excluding hydrogens is 897 g/mol. The van der Waals surface area contributed by atoms with Crippen LogP contribution in [-0.2, 0) is 81.0 Å². The molecule has 0 aliphatic carbocycles. The van der Waals surface area contributed by atoms with Gasteiger partial charge in [0.1, 0.15) is 0 Å². The van der Waals surface area contributed by atoms with Gasteiger partial charge in [-0.2, -0.15) is 0 Å². The molecule has 0 unspecified atom stereocenters. The number of Topliss-reactive ketones (excluding diaryl/α,β-unsaturated/α-hetero) is 2. The molecule has 0 aromatic rings. The van der Waals surface area contributed by atoms with Gasteiger partial charge in [0.05, 0.1) is 99.6 Å². The Morgan fingerprint density at radius 3 is 1.06 bits per heavy atom. The van der Waals surface area contributed by atoms with Gasteiger partial charge in [0.2, 0.25) is 5.91 Å². The van der Waals surface area contributed by atoms with E-state index in [4.69, 9.17) is 50.7 Å². The van der Waals surface area contributed by atoms with Crippen molar-refractivity contribution >= 4 is 47.3 Å². The molecule has 0 bridgehead atoms. The number of nitrogens with one attached hydrogen (secondary N) is 1. The van der Waals surface area contributed by atoms with E-state index in [2.05, 4.69) is 45.8 Å². The molecule has 0 fully saturated rings. The molecule has 22 heteroatoms. The molecule has 0 atom stereocenters.